The van der Waals surface area contributed by atoms with E-state index in [0.717, 1.165) is 22.7 Å². The van der Waals surface area contributed by atoms with Crippen molar-refractivity contribution in [3.05, 3.63) is 22.7 Å². The van der Waals surface area contributed by atoms with Crippen LogP contribution in [0.2, 0.25) is 0 Å². The predicted octanol–water partition coefficient (Wildman–Crippen LogP) is 4.20. The molecule has 1 aromatic heterocycles. The third kappa shape index (κ3) is 2.53. The highest BCUT2D eigenvalue weighted by Gasteiger charge is 2.07. The van der Waals surface area contributed by atoms with Gasteiger partial charge >= 0.3 is 0 Å². The smallest absolute Gasteiger partial charge is 0.120 e. The molecule has 0 fully saturated rings. The van der Waals surface area contributed by atoms with E-state index in [9.17, 15) is 0 Å². The molecule has 0 aliphatic carbocycles. The maximum absolute atomic E-state index is 5.25. The van der Waals surface area contributed by atoms with Gasteiger partial charge in [0.2, 0.25) is 0 Å². The Bertz CT molecular complexity index is 462. The summed E-state index contributed by atoms with van der Waals surface area (Å²) in [6.07, 6.45) is 0.997. The molecule has 0 unspecified atom stereocenters. The van der Waals surface area contributed by atoms with E-state index in [1.54, 1.807) is 18.4 Å². The molecule has 88 valence electrons. The van der Waals surface area contributed by atoms with Crippen molar-refractivity contribution in [2.24, 2.45) is 0 Å². The number of benzene rings is 1. The van der Waals surface area contributed by atoms with Gasteiger partial charge in [0.05, 0.1) is 22.3 Å². The van der Waals surface area contributed by atoms with Crippen LogP contribution in [0.1, 0.15) is 31.3 Å². The van der Waals surface area contributed by atoms with Crippen LogP contribution in [0.15, 0.2) is 12.1 Å². The van der Waals surface area contributed by atoms with Crippen molar-refractivity contribution in [2.75, 3.05) is 7.11 Å². The lowest BCUT2D eigenvalue weighted by Gasteiger charge is -2.03. The molecular weight excluding hydrogens is 218 g/mol. The Hall–Kier alpha value is -1.09. The minimum atomic E-state index is 0.929. The van der Waals surface area contributed by atoms with Gasteiger partial charge in [-0.15, -0.1) is 11.3 Å². The molecule has 2 rings (SSSR count). The van der Waals surface area contributed by atoms with Crippen LogP contribution in [0, 0.1) is 6.92 Å². The van der Waals surface area contributed by atoms with Crippen molar-refractivity contribution < 1.29 is 4.74 Å². The Balaban J connectivity index is 0.000000606. The second kappa shape index (κ2) is 5.85. The predicted molar refractivity (Wildman–Crippen MR) is 71.6 cm³/mol. The molecule has 16 heavy (non-hydrogen) atoms. The summed E-state index contributed by atoms with van der Waals surface area (Å²) in [4.78, 5) is 4.52. The Labute approximate surface area is 101 Å². The van der Waals surface area contributed by atoms with Gasteiger partial charge in [-0.2, -0.15) is 0 Å². The van der Waals surface area contributed by atoms with Gasteiger partial charge in [0.15, 0.2) is 0 Å². The number of rotatable bonds is 2. The molecule has 0 radical (unpaired) electrons. The Morgan fingerprint density at radius 2 is 2.00 bits per heavy atom. The first-order valence-electron chi connectivity index (χ1n) is 5.68. The summed E-state index contributed by atoms with van der Waals surface area (Å²) in [6, 6.07) is 4.13. The highest BCUT2D eigenvalue weighted by Crippen LogP contribution is 2.29. The first-order chi connectivity index (χ1) is 7.74. The fourth-order valence-electron chi connectivity index (χ4n) is 1.57. The van der Waals surface area contributed by atoms with E-state index in [1.165, 1.54) is 10.3 Å². The summed E-state index contributed by atoms with van der Waals surface area (Å²) in [5.41, 5.74) is 2.40. The molecule has 2 nitrogen and oxygen atoms in total. The summed E-state index contributed by atoms with van der Waals surface area (Å²) in [6.45, 7) is 8.18. The van der Waals surface area contributed by atoms with Crippen LogP contribution in [-0.2, 0) is 6.42 Å². The van der Waals surface area contributed by atoms with Gasteiger partial charge in [-0.05, 0) is 31.0 Å². The molecule has 0 saturated carbocycles. The number of aryl methyl sites for hydroxylation is 2. The maximum atomic E-state index is 5.25. The lowest BCUT2D eigenvalue weighted by atomic mass is 10.1. The number of hydrogen-bond donors (Lipinski definition) is 0. The van der Waals surface area contributed by atoms with Crippen molar-refractivity contribution in [1.82, 2.24) is 4.98 Å². The fourth-order valence-corrected chi connectivity index (χ4v) is 2.47. The Kier molecular flexibility index (Phi) is 4.74. The highest BCUT2D eigenvalue weighted by atomic mass is 32.1. The lowest BCUT2D eigenvalue weighted by molar-refractivity contribution is 0.415. The highest BCUT2D eigenvalue weighted by molar-refractivity contribution is 7.18. The van der Waals surface area contributed by atoms with E-state index in [-0.39, 0.29) is 0 Å². The number of ether oxygens (including phenoxy) is 1. The summed E-state index contributed by atoms with van der Waals surface area (Å²) in [7, 11) is 1.70. The van der Waals surface area contributed by atoms with Crippen molar-refractivity contribution in [2.45, 2.75) is 34.1 Å². The van der Waals surface area contributed by atoms with Crippen molar-refractivity contribution >= 4 is 21.6 Å². The molecule has 1 heterocycles. The number of aromatic nitrogens is 1. The van der Waals surface area contributed by atoms with Gasteiger partial charge in [-0.3, -0.25) is 0 Å². The average Bonchev–Trinajstić information content (AvgIpc) is 2.70. The molecule has 0 atom stereocenters. The average molecular weight is 237 g/mol. The molecule has 0 N–H and O–H groups in total. The Morgan fingerprint density at radius 3 is 2.56 bits per heavy atom. The number of methoxy groups -OCH3 is 1. The topological polar surface area (TPSA) is 22.1 Å². The van der Waals surface area contributed by atoms with Gasteiger partial charge < -0.3 is 4.74 Å². The fraction of sp³-hybridized carbons (Fsp3) is 0.462. The first-order valence-corrected chi connectivity index (χ1v) is 6.50. The summed E-state index contributed by atoms with van der Waals surface area (Å²) in [5.74, 6) is 0.929. The van der Waals surface area contributed by atoms with Gasteiger partial charge in [0, 0.05) is 0 Å². The van der Waals surface area contributed by atoms with Crippen molar-refractivity contribution in [1.29, 1.82) is 0 Å². The maximum Gasteiger partial charge on any atom is 0.120 e. The third-order valence-electron chi connectivity index (χ3n) is 2.27. The largest absolute Gasteiger partial charge is 0.497 e. The number of hydrogen-bond acceptors (Lipinski definition) is 3. The molecule has 2 aromatic rings. The number of thiazole rings is 1. The zero-order valence-electron chi connectivity index (χ0n) is 10.6. The van der Waals surface area contributed by atoms with E-state index in [0.29, 0.717) is 0 Å². The number of fused-ring (bicyclic) bond motifs is 1. The normalized spacial score (nSPS) is 9.81. The molecule has 0 saturated heterocycles. The zero-order chi connectivity index (χ0) is 12.1. The van der Waals surface area contributed by atoms with Crippen LogP contribution in [-0.4, -0.2) is 12.1 Å². The summed E-state index contributed by atoms with van der Waals surface area (Å²) >= 11 is 1.72. The van der Waals surface area contributed by atoms with Crippen LogP contribution >= 0.6 is 11.3 Å². The quantitative estimate of drug-likeness (QED) is 0.781. The first kappa shape index (κ1) is 13.0. The van der Waals surface area contributed by atoms with Crippen LogP contribution in [0.25, 0.3) is 10.2 Å². The van der Waals surface area contributed by atoms with Gasteiger partial charge in [0.25, 0.3) is 0 Å². The molecule has 0 aliphatic heterocycles. The standard InChI is InChI=1S/C11H13NOS.C2H6/c1-4-8-5-9(13-3)6-10-11(8)12-7(2)14-10;1-2/h5-6H,4H2,1-3H3;1-2H3. The SMILES string of the molecule is CC.CCc1cc(OC)cc2sc(C)nc12. The second-order valence-corrected chi connectivity index (χ2v) is 4.45. The second-order valence-electron chi connectivity index (χ2n) is 3.22. The van der Waals surface area contributed by atoms with Gasteiger partial charge in [-0.1, -0.05) is 20.8 Å². The van der Waals surface area contributed by atoms with Crippen LogP contribution in [0.4, 0.5) is 0 Å². The molecule has 0 amide bonds. The van der Waals surface area contributed by atoms with Gasteiger partial charge in [-0.25, -0.2) is 4.98 Å². The van der Waals surface area contributed by atoms with Crippen molar-refractivity contribution in [3.63, 3.8) is 0 Å². The van der Waals surface area contributed by atoms with Crippen LogP contribution in [0.3, 0.4) is 0 Å². The molecule has 0 bridgehead atoms. The molecule has 0 aliphatic rings. The minimum Gasteiger partial charge on any atom is -0.497 e. The summed E-state index contributed by atoms with van der Waals surface area (Å²) < 4.78 is 6.47. The third-order valence-corrected chi connectivity index (χ3v) is 3.19. The minimum absolute atomic E-state index is 0.929. The summed E-state index contributed by atoms with van der Waals surface area (Å²) in [5, 5.41) is 1.11. The zero-order valence-corrected chi connectivity index (χ0v) is 11.4. The van der Waals surface area contributed by atoms with Crippen LogP contribution in [0.5, 0.6) is 5.75 Å². The lowest BCUT2D eigenvalue weighted by Crippen LogP contribution is -1.87. The van der Waals surface area contributed by atoms with E-state index in [4.69, 9.17) is 4.74 Å². The van der Waals surface area contributed by atoms with E-state index in [2.05, 4.69) is 24.0 Å². The molecule has 3 heteroatoms. The van der Waals surface area contributed by atoms with E-state index in [1.807, 2.05) is 20.8 Å². The van der Waals surface area contributed by atoms with E-state index >= 15 is 0 Å². The monoisotopic (exact) mass is 237 g/mol. The van der Waals surface area contributed by atoms with Gasteiger partial charge in [0.1, 0.15) is 5.75 Å². The van der Waals surface area contributed by atoms with E-state index < -0.39 is 0 Å². The van der Waals surface area contributed by atoms with Crippen LogP contribution < -0.4 is 4.74 Å². The Morgan fingerprint density at radius 1 is 1.31 bits per heavy atom. The number of nitrogens with zero attached hydrogens (tertiary/aromatic N) is 1. The molecular formula is C13H19NOS. The molecule has 0 spiro atoms. The molecule has 1 aromatic carbocycles. The van der Waals surface area contributed by atoms with Crippen molar-refractivity contribution in [3.8, 4) is 5.75 Å².